The lowest BCUT2D eigenvalue weighted by atomic mass is 10.2. The summed E-state index contributed by atoms with van der Waals surface area (Å²) >= 11 is 7.39. The van der Waals surface area contributed by atoms with Gasteiger partial charge in [0.15, 0.2) is 12.4 Å². The summed E-state index contributed by atoms with van der Waals surface area (Å²) < 4.78 is 9.73. The van der Waals surface area contributed by atoms with Crippen LogP contribution in [-0.4, -0.2) is 30.6 Å². The molecular formula is C15H13ClN2O5S. The van der Waals surface area contributed by atoms with Crippen LogP contribution in [0.3, 0.4) is 0 Å². The number of amides is 2. The monoisotopic (exact) mass is 368 g/mol. The van der Waals surface area contributed by atoms with E-state index in [0.717, 1.165) is 4.90 Å². The summed E-state index contributed by atoms with van der Waals surface area (Å²) in [5.74, 6) is -2.04. The standard InChI is InChI=1S/C15H13ClN2O5S/c1-24-9-4-5-11(16)10(7-9)15(21)23-8-13(19)17-18-14(20)12-3-2-6-22-12/h2-7H,8H2,1H3,(H,17,19)(H,18,20). The molecule has 0 saturated heterocycles. The summed E-state index contributed by atoms with van der Waals surface area (Å²) in [5.41, 5.74) is 4.39. The molecule has 7 nitrogen and oxygen atoms in total. The third-order valence-corrected chi connectivity index (χ3v) is 3.84. The molecule has 0 radical (unpaired) electrons. The van der Waals surface area contributed by atoms with Gasteiger partial charge in [0, 0.05) is 4.90 Å². The Bertz CT molecular complexity index is 748. The fraction of sp³-hybridized carbons (Fsp3) is 0.133. The molecule has 0 bridgehead atoms. The number of rotatable bonds is 5. The molecule has 9 heteroatoms. The maximum absolute atomic E-state index is 12.0. The van der Waals surface area contributed by atoms with Gasteiger partial charge in [-0.25, -0.2) is 4.79 Å². The molecule has 2 aromatic rings. The second kappa shape index (κ2) is 8.42. The van der Waals surface area contributed by atoms with Crippen molar-refractivity contribution in [2.24, 2.45) is 0 Å². The van der Waals surface area contributed by atoms with Gasteiger partial charge < -0.3 is 9.15 Å². The molecule has 0 unspecified atom stereocenters. The van der Waals surface area contributed by atoms with Crippen LogP contribution in [0.4, 0.5) is 0 Å². The van der Waals surface area contributed by atoms with E-state index < -0.39 is 24.4 Å². The Labute approximate surface area is 146 Å². The van der Waals surface area contributed by atoms with Crippen LogP contribution in [-0.2, 0) is 9.53 Å². The normalized spacial score (nSPS) is 10.1. The lowest BCUT2D eigenvalue weighted by molar-refractivity contribution is -0.125. The van der Waals surface area contributed by atoms with Gasteiger partial charge >= 0.3 is 11.9 Å². The Morgan fingerprint density at radius 3 is 2.71 bits per heavy atom. The Kier molecular flexibility index (Phi) is 6.28. The molecule has 2 N–H and O–H groups in total. The van der Waals surface area contributed by atoms with Crippen molar-refractivity contribution in [1.82, 2.24) is 10.9 Å². The lowest BCUT2D eigenvalue weighted by Crippen LogP contribution is -2.43. The SMILES string of the molecule is CSc1ccc(Cl)c(C(=O)OCC(=O)NNC(=O)c2ccco2)c1. The van der Waals surface area contributed by atoms with Crippen LogP contribution in [0.5, 0.6) is 0 Å². The number of nitrogens with one attached hydrogen (secondary N) is 2. The van der Waals surface area contributed by atoms with E-state index in [1.165, 1.54) is 30.2 Å². The maximum Gasteiger partial charge on any atom is 0.340 e. The van der Waals surface area contributed by atoms with E-state index in [0.29, 0.717) is 0 Å². The summed E-state index contributed by atoms with van der Waals surface area (Å²) in [6.07, 6.45) is 3.18. The average molecular weight is 369 g/mol. The van der Waals surface area contributed by atoms with Crippen molar-refractivity contribution in [3.8, 4) is 0 Å². The first kappa shape index (κ1) is 17.9. The minimum absolute atomic E-state index is 0.0351. The fourth-order valence-electron chi connectivity index (χ4n) is 1.63. The highest BCUT2D eigenvalue weighted by Gasteiger charge is 2.15. The third kappa shape index (κ3) is 4.77. The molecule has 0 atom stereocenters. The molecule has 0 aliphatic rings. The van der Waals surface area contributed by atoms with Crippen molar-refractivity contribution in [2.75, 3.05) is 12.9 Å². The molecule has 2 amide bonds. The summed E-state index contributed by atoms with van der Waals surface area (Å²) in [5, 5.41) is 0.226. The zero-order chi connectivity index (χ0) is 17.5. The highest BCUT2D eigenvalue weighted by atomic mass is 35.5. The Morgan fingerprint density at radius 2 is 2.04 bits per heavy atom. The summed E-state index contributed by atoms with van der Waals surface area (Å²) in [6.45, 7) is -0.572. The molecule has 0 aliphatic heterocycles. The molecule has 0 fully saturated rings. The molecular weight excluding hydrogens is 356 g/mol. The number of esters is 1. The van der Waals surface area contributed by atoms with Gasteiger partial charge in [0.05, 0.1) is 16.8 Å². The second-order valence-corrected chi connectivity index (χ2v) is 5.69. The van der Waals surface area contributed by atoms with Gasteiger partial charge in [-0.05, 0) is 36.6 Å². The van der Waals surface area contributed by atoms with Gasteiger partial charge in [-0.2, -0.15) is 0 Å². The van der Waals surface area contributed by atoms with Crippen LogP contribution in [0.2, 0.25) is 5.02 Å². The predicted octanol–water partition coefficient (Wildman–Crippen LogP) is 2.27. The van der Waals surface area contributed by atoms with Crippen LogP contribution in [0.15, 0.2) is 45.9 Å². The molecule has 0 aliphatic carbocycles. The number of carbonyl (C=O) groups is 3. The highest BCUT2D eigenvalue weighted by molar-refractivity contribution is 7.98. The van der Waals surface area contributed by atoms with Crippen molar-refractivity contribution >= 4 is 41.1 Å². The van der Waals surface area contributed by atoms with Crippen molar-refractivity contribution in [2.45, 2.75) is 4.90 Å². The Balaban J connectivity index is 1.83. The average Bonchev–Trinajstić information content (AvgIpc) is 3.12. The van der Waals surface area contributed by atoms with Crippen molar-refractivity contribution < 1.29 is 23.5 Å². The molecule has 0 spiro atoms. The van der Waals surface area contributed by atoms with Crippen LogP contribution < -0.4 is 10.9 Å². The van der Waals surface area contributed by atoms with Crippen LogP contribution in [0.1, 0.15) is 20.9 Å². The molecule has 126 valence electrons. The topological polar surface area (TPSA) is 97.6 Å². The number of thioether (sulfide) groups is 1. The molecule has 0 saturated carbocycles. The number of hydrogen-bond donors (Lipinski definition) is 2. The molecule has 1 aromatic heterocycles. The first-order chi connectivity index (χ1) is 11.5. The van der Waals surface area contributed by atoms with Crippen molar-refractivity contribution in [3.05, 3.63) is 52.9 Å². The quantitative estimate of drug-likeness (QED) is 0.477. The number of furan rings is 1. The second-order valence-electron chi connectivity index (χ2n) is 4.40. The molecule has 1 aromatic carbocycles. The summed E-state index contributed by atoms with van der Waals surface area (Å²) in [4.78, 5) is 35.9. The molecule has 1 heterocycles. The minimum Gasteiger partial charge on any atom is -0.459 e. The Hall–Kier alpha value is -2.45. The zero-order valence-electron chi connectivity index (χ0n) is 12.5. The van der Waals surface area contributed by atoms with Gasteiger partial charge in [-0.3, -0.25) is 20.4 Å². The summed E-state index contributed by atoms with van der Waals surface area (Å²) in [6, 6.07) is 7.88. The van der Waals surface area contributed by atoms with Gasteiger partial charge in [0.2, 0.25) is 0 Å². The fourth-order valence-corrected chi connectivity index (χ4v) is 2.26. The van der Waals surface area contributed by atoms with E-state index in [2.05, 4.69) is 10.9 Å². The van der Waals surface area contributed by atoms with Gasteiger partial charge in [-0.15, -0.1) is 11.8 Å². The molecule has 2 rings (SSSR count). The van der Waals surface area contributed by atoms with Crippen molar-refractivity contribution in [3.63, 3.8) is 0 Å². The van der Waals surface area contributed by atoms with E-state index in [-0.39, 0.29) is 16.3 Å². The largest absolute Gasteiger partial charge is 0.459 e. The van der Waals surface area contributed by atoms with Gasteiger partial charge in [0.1, 0.15) is 0 Å². The lowest BCUT2D eigenvalue weighted by Gasteiger charge is -2.08. The van der Waals surface area contributed by atoms with E-state index >= 15 is 0 Å². The predicted molar refractivity (Wildman–Crippen MR) is 87.8 cm³/mol. The van der Waals surface area contributed by atoms with E-state index in [9.17, 15) is 14.4 Å². The van der Waals surface area contributed by atoms with E-state index in [4.69, 9.17) is 20.8 Å². The van der Waals surface area contributed by atoms with Crippen LogP contribution >= 0.6 is 23.4 Å². The number of hydrogen-bond acceptors (Lipinski definition) is 6. The van der Waals surface area contributed by atoms with Crippen LogP contribution in [0.25, 0.3) is 0 Å². The van der Waals surface area contributed by atoms with E-state index in [1.54, 1.807) is 18.2 Å². The number of benzene rings is 1. The number of carbonyl (C=O) groups excluding carboxylic acids is 3. The Morgan fingerprint density at radius 1 is 1.25 bits per heavy atom. The zero-order valence-corrected chi connectivity index (χ0v) is 14.1. The maximum atomic E-state index is 12.0. The van der Waals surface area contributed by atoms with Crippen LogP contribution in [0, 0.1) is 0 Å². The van der Waals surface area contributed by atoms with Gasteiger partial charge in [-0.1, -0.05) is 11.6 Å². The van der Waals surface area contributed by atoms with Gasteiger partial charge in [0.25, 0.3) is 5.91 Å². The first-order valence-corrected chi connectivity index (χ1v) is 8.25. The highest BCUT2D eigenvalue weighted by Crippen LogP contribution is 2.23. The van der Waals surface area contributed by atoms with Crippen molar-refractivity contribution in [1.29, 1.82) is 0 Å². The number of halogens is 1. The third-order valence-electron chi connectivity index (χ3n) is 2.79. The number of ether oxygens (including phenoxy) is 1. The molecule has 24 heavy (non-hydrogen) atoms. The first-order valence-electron chi connectivity index (χ1n) is 6.64. The summed E-state index contributed by atoms with van der Waals surface area (Å²) in [7, 11) is 0. The van der Waals surface area contributed by atoms with E-state index in [1.807, 2.05) is 6.26 Å². The minimum atomic E-state index is -0.733. The number of hydrazine groups is 1. The smallest absolute Gasteiger partial charge is 0.340 e.